The first-order valence-electron chi connectivity index (χ1n) is 11.4. The van der Waals surface area contributed by atoms with Crippen molar-refractivity contribution in [2.75, 3.05) is 19.6 Å². The number of amides is 2. The second-order valence-corrected chi connectivity index (χ2v) is 9.25. The predicted molar refractivity (Wildman–Crippen MR) is 129 cm³/mol. The van der Waals surface area contributed by atoms with E-state index in [-0.39, 0.29) is 17.9 Å². The van der Waals surface area contributed by atoms with Crippen LogP contribution in [0, 0.1) is 6.92 Å². The lowest BCUT2D eigenvalue weighted by molar-refractivity contribution is -0.146. The van der Waals surface area contributed by atoms with Crippen molar-refractivity contribution in [3.8, 4) is 0 Å². The first kappa shape index (κ1) is 23.0. The Morgan fingerprint density at radius 2 is 1.82 bits per heavy atom. The predicted octanol–water partition coefficient (Wildman–Crippen LogP) is 3.13. The zero-order valence-corrected chi connectivity index (χ0v) is 19.8. The molecule has 1 aliphatic heterocycles. The maximum Gasteiger partial charge on any atom is 0.254 e. The van der Waals surface area contributed by atoms with Crippen LogP contribution in [0.1, 0.15) is 59.6 Å². The summed E-state index contributed by atoms with van der Waals surface area (Å²) in [5.74, 6) is -0.235. The van der Waals surface area contributed by atoms with Gasteiger partial charge in [-0.1, -0.05) is 18.7 Å². The number of hydrogen-bond donors (Lipinski definition) is 1. The van der Waals surface area contributed by atoms with Crippen LogP contribution in [0.2, 0.25) is 0 Å². The maximum atomic E-state index is 13.1. The summed E-state index contributed by atoms with van der Waals surface area (Å²) >= 11 is 0. The van der Waals surface area contributed by atoms with E-state index in [9.17, 15) is 14.7 Å². The van der Waals surface area contributed by atoms with Gasteiger partial charge in [0.2, 0.25) is 0 Å². The van der Waals surface area contributed by atoms with Gasteiger partial charge in [-0.25, -0.2) is 0 Å². The van der Waals surface area contributed by atoms with Crippen molar-refractivity contribution >= 4 is 29.5 Å². The number of piperazine rings is 1. The molecule has 2 fully saturated rings. The third-order valence-electron chi connectivity index (χ3n) is 6.75. The fraction of sp³-hybridized carbons (Fsp3) is 0.423. The van der Waals surface area contributed by atoms with E-state index in [0.29, 0.717) is 38.0 Å². The van der Waals surface area contributed by atoms with Crippen LogP contribution in [0.15, 0.2) is 30.8 Å². The molecule has 1 saturated heterocycles. The Balaban J connectivity index is 1.45. The van der Waals surface area contributed by atoms with E-state index < -0.39 is 5.60 Å². The van der Waals surface area contributed by atoms with Gasteiger partial charge in [0.05, 0.1) is 11.4 Å². The summed E-state index contributed by atoms with van der Waals surface area (Å²) in [6, 6.07) is 7.52. The van der Waals surface area contributed by atoms with E-state index in [4.69, 9.17) is 0 Å². The number of aliphatic hydroxyl groups is 1. The Hall–Kier alpha value is -3.19. The minimum atomic E-state index is -1.16. The lowest BCUT2D eigenvalue weighted by atomic mass is 10.0. The molecule has 7 nitrogen and oxygen atoms in total. The second kappa shape index (κ2) is 8.63. The average molecular weight is 449 g/mol. The van der Waals surface area contributed by atoms with E-state index in [0.717, 1.165) is 28.1 Å². The summed E-state index contributed by atoms with van der Waals surface area (Å²) in [6.45, 7) is 11.2. The molecule has 4 rings (SSSR count). The topological polar surface area (TPSA) is 78.7 Å². The maximum absolute atomic E-state index is 13.1. The molecule has 1 saturated carbocycles. The van der Waals surface area contributed by atoms with Crippen molar-refractivity contribution < 1.29 is 14.7 Å². The molecule has 7 heteroatoms. The number of aromatic nitrogens is 2. The number of hydrogen-bond acceptors (Lipinski definition) is 4. The molecular formula is C26H32N4O3. The number of allylic oxidation sites excluding steroid dienone is 1. The number of nitrogens with zero attached hydrogens (tertiary/aromatic N) is 4. The molecule has 0 radical (unpaired) electrons. The lowest BCUT2D eigenvalue weighted by Gasteiger charge is -2.40. The van der Waals surface area contributed by atoms with E-state index in [1.807, 2.05) is 56.8 Å². The molecule has 2 aliphatic rings. The van der Waals surface area contributed by atoms with Crippen LogP contribution in [-0.2, 0) is 11.8 Å². The van der Waals surface area contributed by atoms with Gasteiger partial charge in [0.25, 0.3) is 11.8 Å². The van der Waals surface area contributed by atoms with E-state index >= 15 is 0 Å². The summed E-state index contributed by atoms with van der Waals surface area (Å²) in [6.07, 6.45) is 4.97. The number of benzene rings is 1. The molecule has 0 bridgehead atoms. The minimum absolute atomic E-state index is 0.0377. The van der Waals surface area contributed by atoms with Crippen LogP contribution < -0.4 is 0 Å². The van der Waals surface area contributed by atoms with Crippen LogP contribution >= 0.6 is 0 Å². The zero-order valence-electron chi connectivity index (χ0n) is 19.8. The van der Waals surface area contributed by atoms with E-state index in [2.05, 4.69) is 17.8 Å². The molecule has 1 aliphatic carbocycles. The fourth-order valence-electron chi connectivity index (χ4n) is 4.51. The van der Waals surface area contributed by atoms with Crippen LogP contribution in [0.25, 0.3) is 17.7 Å². The molecule has 2 heterocycles. The Kier molecular flexibility index (Phi) is 6.01. The molecule has 0 unspecified atom stereocenters. The minimum Gasteiger partial charge on any atom is -0.380 e. The van der Waals surface area contributed by atoms with E-state index in [1.165, 1.54) is 0 Å². The summed E-state index contributed by atoms with van der Waals surface area (Å²) in [5.41, 5.74) is 4.53. The molecule has 1 aromatic heterocycles. The van der Waals surface area contributed by atoms with Gasteiger partial charge < -0.3 is 14.9 Å². The Morgan fingerprint density at radius 1 is 1.18 bits per heavy atom. The van der Waals surface area contributed by atoms with Gasteiger partial charge in [-0.2, -0.15) is 5.10 Å². The van der Waals surface area contributed by atoms with Crippen LogP contribution in [-0.4, -0.2) is 67.8 Å². The van der Waals surface area contributed by atoms with Crippen LogP contribution in [0.3, 0.4) is 0 Å². The first-order valence-corrected chi connectivity index (χ1v) is 11.4. The lowest BCUT2D eigenvalue weighted by Crippen LogP contribution is -2.57. The van der Waals surface area contributed by atoms with Crippen molar-refractivity contribution in [1.29, 1.82) is 0 Å². The first-order chi connectivity index (χ1) is 15.6. The molecule has 1 atom stereocenters. The Bertz CT molecular complexity index is 1130. The van der Waals surface area contributed by atoms with Crippen LogP contribution in [0.5, 0.6) is 0 Å². The highest BCUT2D eigenvalue weighted by Crippen LogP contribution is 2.37. The molecule has 1 N–H and O–H groups in total. The van der Waals surface area contributed by atoms with Crippen molar-refractivity contribution in [2.45, 2.75) is 45.3 Å². The number of aryl methyl sites for hydroxylation is 2. The number of rotatable bonds is 5. The van der Waals surface area contributed by atoms with Crippen molar-refractivity contribution in [3.05, 3.63) is 58.9 Å². The summed E-state index contributed by atoms with van der Waals surface area (Å²) in [4.78, 5) is 29.1. The molecule has 33 heavy (non-hydrogen) atoms. The van der Waals surface area contributed by atoms with Gasteiger partial charge in [-0.15, -0.1) is 0 Å². The second-order valence-electron chi connectivity index (χ2n) is 9.25. The smallest absolute Gasteiger partial charge is 0.254 e. The Labute approximate surface area is 195 Å². The van der Waals surface area contributed by atoms with Crippen LogP contribution in [0.4, 0.5) is 0 Å². The number of carbonyl (C=O) groups excluding carboxylic acids is 2. The summed E-state index contributed by atoms with van der Waals surface area (Å²) in [7, 11) is 1.90. The molecule has 1 aromatic carbocycles. The molecule has 174 valence electrons. The Morgan fingerprint density at radius 3 is 2.39 bits per heavy atom. The van der Waals surface area contributed by atoms with Gasteiger partial charge in [0, 0.05) is 43.9 Å². The monoisotopic (exact) mass is 448 g/mol. The van der Waals surface area contributed by atoms with Crippen molar-refractivity contribution in [2.24, 2.45) is 7.05 Å². The standard InChI is InChI=1S/C26H32N4O3/c1-6-23-22(19(4)27-28(23)5)15-17(2)20-7-9-21(10-8-20)24(31)29-13-14-30(18(3)16-29)25(32)26(33)11-12-26/h6-10,15,18,33H,1,11-14,16H2,2-5H3/b17-15+/t18-/m0/s1. The molecule has 0 spiro atoms. The molecule has 2 amide bonds. The third-order valence-corrected chi connectivity index (χ3v) is 6.75. The normalized spacial score (nSPS) is 20.0. The van der Waals surface area contributed by atoms with Gasteiger partial charge in [0.1, 0.15) is 5.60 Å². The highest BCUT2D eigenvalue weighted by atomic mass is 16.3. The van der Waals surface area contributed by atoms with Crippen molar-refractivity contribution in [1.82, 2.24) is 19.6 Å². The largest absolute Gasteiger partial charge is 0.380 e. The third kappa shape index (κ3) is 4.37. The van der Waals surface area contributed by atoms with Gasteiger partial charge in [-0.05, 0) is 69.0 Å². The highest BCUT2D eigenvalue weighted by molar-refractivity contribution is 5.95. The number of carbonyl (C=O) groups is 2. The quantitative estimate of drug-likeness (QED) is 0.762. The average Bonchev–Trinajstić information content (AvgIpc) is 3.49. The highest BCUT2D eigenvalue weighted by Gasteiger charge is 2.51. The van der Waals surface area contributed by atoms with Gasteiger partial charge >= 0.3 is 0 Å². The fourth-order valence-corrected chi connectivity index (χ4v) is 4.51. The summed E-state index contributed by atoms with van der Waals surface area (Å²) in [5, 5.41) is 14.6. The summed E-state index contributed by atoms with van der Waals surface area (Å²) < 4.78 is 1.82. The zero-order chi connectivity index (χ0) is 23.9. The molecular weight excluding hydrogens is 416 g/mol. The molecule has 2 aromatic rings. The SMILES string of the molecule is C=Cc1c(/C=C(\C)c2ccc(C(=O)N3CCN(C(=O)C4(O)CC4)[C@@H](C)C3)cc2)c(C)nn1C. The van der Waals surface area contributed by atoms with Gasteiger partial charge in [-0.3, -0.25) is 14.3 Å². The van der Waals surface area contributed by atoms with Gasteiger partial charge in [0.15, 0.2) is 0 Å². The van der Waals surface area contributed by atoms with Crippen molar-refractivity contribution in [3.63, 3.8) is 0 Å². The van der Waals surface area contributed by atoms with E-state index in [1.54, 1.807) is 15.9 Å².